The summed E-state index contributed by atoms with van der Waals surface area (Å²) >= 11 is 0. The second-order valence-electron chi connectivity index (χ2n) is 8.21. The number of hydrogen-bond donors (Lipinski definition) is 1. The number of amides is 1. The zero-order valence-electron chi connectivity index (χ0n) is 17.5. The van der Waals surface area contributed by atoms with Crippen molar-refractivity contribution in [1.82, 2.24) is 0 Å². The van der Waals surface area contributed by atoms with Crippen LogP contribution in [0.4, 0.5) is 5.69 Å². The molecule has 30 heavy (non-hydrogen) atoms. The summed E-state index contributed by atoms with van der Waals surface area (Å²) in [6, 6.07) is 7.27. The van der Waals surface area contributed by atoms with Gasteiger partial charge in [-0.2, -0.15) is 0 Å². The fourth-order valence-electron chi connectivity index (χ4n) is 4.77. The summed E-state index contributed by atoms with van der Waals surface area (Å²) in [5.41, 5.74) is 5.98. The number of para-hydroxylation sites is 1. The number of fused-ring (bicyclic) bond motifs is 3. The van der Waals surface area contributed by atoms with E-state index in [1.54, 1.807) is 24.0 Å². The zero-order chi connectivity index (χ0) is 21.6. The normalized spacial score (nSPS) is 23.1. The Morgan fingerprint density at radius 2 is 2.00 bits per heavy atom. The third-order valence-corrected chi connectivity index (χ3v) is 5.79. The predicted octanol–water partition coefficient (Wildman–Crippen LogP) is 2.70. The van der Waals surface area contributed by atoms with E-state index >= 15 is 0 Å². The van der Waals surface area contributed by atoms with Gasteiger partial charge in [-0.1, -0.05) is 32.0 Å². The minimum atomic E-state index is -1.63. The Labute approximate surface area is 175 Å². The van der Waals surface area contributed by atoms with Gasteiger partial charge in [0, 0.05) is 30.6 Å². The number of ether oxygens (including phenoxy) is 2. The minimum absolute atomic E-state index is 0.0953. The van der Waals surface area contributed by atoms with Gasteiger partial charge in [0.25, 0.3) is 0 Å². The third kappa shape index (κ3) is 2.68. The zero-order valence-corrected chi connectivity index (χ0v) is 17.5. The van der Waals surface area contributed by atoms with Crippen LogP contribution in [0.2, 0.25) is 0 Å². The molecule has 0 fully saturated rings. The number of anilines is 1. The molecule has 1 aromatic carbocycles. The van der Waals surface area contributed by atoms with Gasteiger partial charge in [-0.15, -0.1) is 0 Å². The van der Waals surface area contributed by atoms with Crippen molar-refractivity contribution in [3.63, 3.8) is 0 Å². The average Bonchev–Trinajstić information content (AvgIpc) is 2.91. The molecule has 1 aliphatic carbocycles. The van der Waals surface area contributed by atoms with Crippen molar-refractivity contribution < 1.29 is 23.9 Å². The van der Waals surface area contributed by atoms with Crippen LogP contribution < -0.4 is 10.6 Å². The Hall–Kier alpha value is -3.09. The van der Waals surface area contributed by atoms with E-state index < -0.39 is 11.4 Å². The van der Waals surface area contributed by atoms with Crippen molar-refractivity contribution in [1.29, 1.82) is 0 Å². The molecular formula is C23H26N2O5. The highest BCUT2D eigenvalue weighted by molar-refractivity contribution is 6.23. The van der Waals surface area contributed by atoms with Crippen molar-refractivity contribution in [2.75, 3.05) is 18.1 Å². The Kier molecular flexibility index (Phi) is 4.92. The molecule has 7 heteroatoms. The van der Waals surface area contributed by atoms with Crippen molar-refractivity contribution in [2.45, 2.75) is 45.4 Å². The topological polar surface area (TPSA) is 98.9 Å². The molecule has 0 unspecified atom stereocenters. The van der Waals surface area contributed by atoms with Crippen LogP contribution in [0.5, 0.6) is 0 Å². The molecule has 1 atom stereocenters. The molecule has 1 spiro atoms. The van der Waals surface area contributed by atoms with E-state index in [1.807, 2.05) is 26.0 Å². The van der Waals surface area contributed by atoms with Crippen LogP contribution >= 0.6 is 0 Å². The van der Waals surface area contributed by atoms with Gasteiger partial charge in [-0.05, 0) is 25.3 Å². The lowest BCUT2D eigenvalue weighted by molar-refractivity contribution is -0.141. The highest BCUT2D eigenvalue weighted by Crippen LogP contribution is 2.56. The van der Waals surface area contributed by atoms with Gasteiger partial charge in [-0.3, -0.25) is 9.59 Å². The van der Waals surface area contributed by atoms with Gasteiger partial charge in [0.1, 0.15) is 16.7 Å². The van der Waals surface area contributed by atoms with E-state index in [0.717, 1.165) is 0 Å². The molecule has 2 aliphatic heterocycles. The molecule has 3 aliphatic rings. The third-order valence-electron chi connectivity index (χ3n) is 5.79. The summed E-state index contributed by atoms with van der Waals surface area (Å²) in [5, 5.41) is 0. The molecule has 2 heterocycles. The minimum Gasteiger partial charge on any atom is -0.462 e. The summed E-state index contributed by atoms with van der Waals surface area (Å²) in [5.74, 6) is -0.897. The molecule has 4 rings (SSSR count). The monoisotopic (exact) mass is 410 g/mol. The van der Waals surface area contributed by atoms with Crippen molar-refractivity contribution in [3.05, 3.63) is 52.6 Å². The van der Waals surface area contributed by atoms with Crippen LogP contribution in [0.15, 0.2) is 47.1 Å². The number of rotatable bonds is 4. The molecule has 0 bridgehead atoms. The SMILES string of the molecule is CCOC(=O)C1=C(N)OC2=C(C(=O)CCC2)[C@]12C(=O)N(CC(C)C)c1ccccc12. The lowest BCUT2D eigenvalue weighted by Gasteiger charge is -2.39. The van der Waals surface area contributed by atoms with E-state index in [2.05, 4.69) is 0 Å². The number of benzene rings is 1. The summed E-state index contributed by atoms with van der Waals surface area (Å²) in [7, 11) is 0. The van der Waals surface area contributed by atoms with E-state index in [4.69, 9.17) is 15.2 Å². The molecule has 1 aromatic rings. The number of nitrogens with two attached hydrogens (primary N) is 1. The Morgan fingerprint density at radius 1 is 1.27 bits per heavy atom. The summed E-state index contributed by atoms with van der Waals surface area (Å²) in [6.45, 7) is 6.26. The lowest BCUT2D eigenvalue weighted by atomic mass is 9.64. The van der Waals surface area contributed by atoms with Gasteiger partial charge in [0.2, 0.25) is 11.8 Å². The average molecular weight is 410 g/mol. The molecule has 1 amide bonds. The second-order valence-corrected chi connectivity index (χ2v) is 8.21. The predicted molar refractivity (Wildman–Crippen MR) is 110 cm³/mol. The van der Waals surface area contributed by atoms with Gasteiger partial charge >= 0.3 is 5.97 Å². The van der Waals surface area contributed by atoms with Crippen LogP contribution in [-0.2, 0) is 29.3 Å². The molecule has 158 valence electrons. The van der Waals surface area contributed by atoms with Gasteiger partial charge in [-0.25, -0.2) is 4.79 Å². The van der Waals surface area contributed by atoms with Crippen molar-refractivity contribution in [3.8, 4) is 0 Å². The van der Waals surface area contributed by atoms with Crippen LogP contribution in [0.3, 0.4) is 0 Å². The number of allylic oxidation sites excluding steroid dienone is 1. The molecule has 0 radical (unpaired) electrons. The maximum absolute atomic E-state index is 14.1. The first-order valence-electron chi connectivity index (χ1n) is 10.4. The number of carbonyl (C=O) groups excluding carboxylic acids is 3. The largest absolute Gasteiger partial charge is 0.462 e. The molecular weight excluding hydrogens is 384 g/mol. The van der Waals surface area contributed by atoms with Crippen molar-refractivity contribution >= 4 is 23.3 Å². The van der Waals surface area contributed by atoms with Gasteiger partial charge < -0.3 is 20.1 Å². The number of carbonyl (C=O) groups is 3. The number of Topliss-reactive ketones (excluding diaryl/α,β-unsaturated/α-hetero) is 1. The van der Waals surface area contributed by atoms with Crippen LogP contribution in [0, 0.1) is 5.92 Å². The first kappa shape index (κ1) is 20.2. The first-order chi connectivity index (χ1) is 14.3. The first-order valence-corrected chi connectivity index (χ1v) is 10.4. The number of ketones is 1. The van der Waals surface area contributed by atoms with E-state index in [0.29, 0.717) is 42.8 Å². The summed E-state index contributed by atoms with van der Waals surface area (Å²) in [6.07, 6.45) is 1.39. The lowest BCUT2D eigenvalue weighted by Crippen LogP contribution is -2.51. The quantitative estimate of drug-likeness (QED) is 0.767. The Bertz CT molecular complexity index is 1010. The highest BCUT2D eigenvalue weighted by atomic mass is 16.5. The van der Waals surface area contributed by atoms with Gasteiger partial charge in [0.15, 0.2) is 5.78 Å². The molecule has 0 saturated carbocycles. The summed E-state index contributed by atoms with van der Waals surface area (Å²) < 4.78 is 11.0. The highest BCUT2D eigenvalue weighted by Gasteiger charge is 2.63. The van der Waals surface area contributed by atoms with E-state index in [-0.39, 0.29) is 41.2 Å². The number of esters is 1. The van der Waals surface area contributed by atoms with Crippen molar-refractivity contribution in [2.24, 2.45) is 11.7 Å². The van der Waals surface area contributed by atoms with E-state index in [1.165, 1.54) is 0 Å². The Morgan fingerprint density at radius 3 is 2.70 bits per heavy atom. The Balaban J connectivity index is 2.06. The molecule has 2 N–H and O–H groups in total. The molecule has 0 saturated heterocycles. The maximum atomic E-state index is 14.1. The standard InChI is InChI=1S/C23H26N2O5/c1-4-29-21(27)19-20(24)30-17-11-7-10-16(26)18(17)23(19)14-8-5-6-9-15(14)25(22(23)28)12-13(2)3/h5-6,8-9,13H,4,7,10-12,24H2,1-3H3/t23-/m0/s1. The fraction of sp³-hybridized carbons (Fsp3) is 0.435. The van der Waals surface area contributed by atoms with Crippen LogP contribution in [-0.4, -0.2) is 30.8 Å². The fourth-order valence-corrected chi connectivity index (χ4v) is 4.77. The maximum Gasteiger partial charge on any atom is 0.341 e. The number of hydrogen-bond acceptors (Lipinski definition) is 6. The van der Waals surface area contributed by atoms with E-state index in [9.17, 15) is 14.4 Å². The second kappa shape index (κ2) is 7.31. The smallest absolute Gasteiger partial charge is 0.341 e. The van der Waals surface area contributed by atoms with Crippen LogP contribution in [0.1, 0.15) is 45.6 Å². The molecule has 0 aromatic heterocycles. The number of nitrogens with zero attached hydrogens (tertiary/aromatic N) is 1. The van der Waals surface area contributed by atoms with Crippen LogP contribution in [0.25, 0.3) is 0 Å². The molecule has 7 nitrogen and oxygen atoms in total. The van der Waals surface area contributed by atoms with Gasteiger partial charge in [0.05, 0.1) is 12.2 Å². The summed E-state index contributed by atoms with van der Waals surface area (Å²) in [4.78, 5) is 42.1.